The maximum absolute atomic E-state index is 13.2. The number of aromatic nitrogens is 2. The monoisotopic (exact) mass is 245 g/mol. The second-order valence-corrected chi connectivity index (χ2v) is 4.17. The molecule has 2 N–H and O–H groups in total. The number of rotatable bonds is 1. The first kappa shape index (κ1) is 11.1. The molecule has 0 bridgehead atoms. The maximum atomic E-state index is 13.2. The van der Waals surface area contributed by atoms with E-state index in [9.17, 15) is 4.39 Å². The van der Waals surface area contributed by atoms with Crippen molar-refractivity contribution in [3.63, 3.8) is 0 Å². The zero-order chi connectivity index (χ0) is 12.5. The highest BCUT2D eigenvalue weighted by Crippen LogP contribution is 2.24. The van der Waals surface area contributed by atoms with Crippen LogP contribution >= 0.6 is 0 Å². The highest BCUT2D eigenvalue weighted by atomic mass is 19.1. The lowest BCUT2D eigenvalue weighted by Gasteiger charge is -2.17. The van der Waals surface area contributed by atoms with Gasteiger partial charge in [-0.2, -0.15) is 0 Å². The summed E-state index contributed by atoms with van der Waals surface area (Å²) < 4.78 is 18.5. The van der Waals surface area contributed by atoms with Gasteiger partial charge >= 0.3 is 0 Å². The Hall–Kier alpha value is -2.01. The van der Waals surface area contributed by atoms with Gasteiger partial charge in [0, 0.05) is 17.5 Å². The van der Waals surface area contributed by atoms with Crippen LogP contribution in [0.3, 0.4) is 0 Å². The average Bonchev–Trinajstić information content (AvgIpc) is 2.39. The van der Waals surface area contributed by atoms with Crippen LogP contribution < -0.4 is 5.73 Å². The van der Waals surface area contributed by atoms with E-state index in [1.165, 1.54) is 12.1 Å². The predicted molar refractivity (Wildman–Crippen MR) is 65.2 cm³/mol. The van der Waals surface area contributed by atoms with Crippen molar-refractivity contribution in [1.82, 2.24) is 9.97 Å². The maximum Gasteiger partial charge on any atom is 0.161 e. The molecule has 0 saturated heterocycles. The first-order valence-electron chi connectivity index (χ1n) is 5.73. The highest BCUT2D eigenvalue weighted by molar-refractivity contribution is 5.59. The number of halogens is 1. The van der Waals surface area contributed by atoms with Gasteiger partial charge in [0.2, 0.25) is 0 Å². The molecule has 1 aromatic heterocycles. The minimum atomic E-state index is -0.310. The third-order valence-electron chi connectivity index (χ3n) is 2.94. The molecule has 0 atom stereocenters. The Morgan fingerprint density at radius 2 is 2.17 bits per heavy atom. The Morgan fingerprint density at radius 1 is 1.28 bits per heavy atom. The molecular weight excluding hydrogens is 233 g/mol. The van der Waals surface area contributed by atoms with E-state index in [0.29, 0.717) is 36.8 Å². The van der Waals surface area contributed by atoms with Crippen LogP contribution in [0.5, 0.6) is 0 Å². The van der Waals surface area contributed by atoms with Gasteiger partial charge in [0.1, 0.15) is 11.6 Å². The summed E-state index contributed by atoms with van der Waals surface area (Å²) in [5.41, 5.74) is 8.27. The summed E-state index contributed by atoms with van der Waals surface area (Å²) in [6.07, 6.45) is 0.713. The average molecular weight is 245 g/mol. The molecule has 0 aliphatic carbocycles. The molecule has 1 aliphatic heterocycles. The van der Waals surface area contributed by atoms with Gasteiger partial charge in [-0.05, 0) is 12.1 Å². The molecule has 2 aromatic rings. The highest BCUT2D eigenvalue weighted by Gasteiger charge is 2.17. The summed E-state index contributed by atoms with van der Waals surface area (Å²) in [6.45, 7) is 1.08. The Kier molecular flexibility index (Phi) is 2.68. The number of fused-ring (bicyclic) bond motifs is 1. The SMILES string of the molecule is Nc1nc(-c2cccc(F)c2)nc2c1COCC2. The third-order valence-corrected chi connectivity index (χ3v) is 2.94. The van der Waals surface area contributed by atoms with Crippen molar-refractivity contribution in [2.75, 3.05) is 12.3 Å². The number of nitrogens with zero attached hydrogens (tertiary/aromatic N) is 2. The first-order valence-corrected chi connectivity index (χ1v) is 5.73. The minimum Gasteiger partial charge on any atom is -0.383 e. The van der Waals surface area contributed by atoms with Crippen LogP contribution in [0.1, 0.15) is 11.3 Å². The normalized spacial score (nSPS) is 14.3. The van der Waals surface area contributed by atoms with E-state index < -0.39 is 0 Å². The molecule has 3 rings (SSSR count). The Bertz CT molecular complexity index is 601. The summed E-state index contributed by atoms with van der Waals surface area (Å²) in [6, 6.07) is 6.19. The largest absolute Gasteiger partial charge is 0.383 e. The second-order valence-electron chi connectivity index (χ2n) is 4.17. The minimum absolute atomic E-state index is 0.310. The molecule has 4 nitrogen and oxygen atoms in total. The predicted octanol–water partition coefficient (Wildman–Crippen LogP) is 1.94. The molecule has 92 valence electrons. The van der Waals surface area contributed by atoms with Crippen molar-refractivity contribution in [2.24, 2.45) is 0 Å². The number of benzene rings is 1. The quantitative estimate of drug-likeness (QED) is 0.834. The third kappa shape index (κ3) is 1.93. The molecular formula is C13H12FN3O. The lowest BCUT2D eigenvalue weighted by molar-refractivity contribution is 0.109. The summed E-state index contributed by atoms with van der Waals surface area (Å²) in [7, 11) is 0. The Labute approximate surface area is 104 Å². The zero-order valence-electron chi connectivity index (χ0n) is 9.69. The number of ether oxygens (including phenoxy) is 1. The molecule has 18 heavy (non-hydrogen) atoms. The van der Waals surface area contributed by atoms with Gasteiger partial charge in [-0.1, -0.05) is 12.1 Å². The zero-order valence-corrected chi connectivity index (χ0v) is 9.69. The molecule has 0 amide bonds. The van der Waals surface area contributed by atoms with Crippen LogP contribution in [0.15, 0.2) is 24.3 Å². The van der Waals surface area contributed by atoms with Crippen LogP contribution in [-0.2, 0) is 17.8 Å². The van der Waals surface area contributed by atoms with Crippen molar-refractivity contribution < 1.29 is 9.13 Å². The van der Waals surface area contributed by atoms with Crippen molar-refractivity contribution in [2.45, 2.75) is 13.0 Å². The van der Waals surface area contributed by atoms with Crippen molar-refractivity contribution in [3.05, 3.63) is 41.3 Å². The molecule has 0 saturated carbocycles. The standard InChI is InChI=1S/C13H12FN3O/c14-9-3-1-2-8(6-9)13-16-11-4-5-18-7-10(11)12(15)17-13/h1-3,6H,4-5,7H2,(H2,15,16,17). The second kappa shape index (κ2) is 4.34. The molecule has 0 spiro atoms. The van der Waals surface area contributed by atoms with Gasteiger partial charge in [-0.15, -0.1) is 0 Å². The number of anilines is 1. The number of nitrogen functional groups attached to an aromatic ring is 1. The lowest BCUT2D eigenvalue weighted by atomic mass is 10.1. The molecule has 1 aliphatic rings. The van der Waals surface area contributed by atoms with Gasteiger partial charge in [-0.25, -0.2) is 14.4 Å². The van der Waals surface area contributed by atoms with Crippen LogP contribution in [-0.4, -0.2) is 16.6 Å². The van der Waals surface area contributed by atoms with Crippen LogP contribution in [0.25, 0.3) is 11.4 Å². The van der Waals surface area contributed by atoms with Gasteiger partial charge in [0.05, 0.1) is 18.9 Å². The molecule has 2 heterocycles. The van der Waals surface area contributed by atoms with E-state index in [-0.39, 0.29) is 5.82 Å². The van der Waals surface area contributed by atoms with Crippen molar-refractivity contribution in [1.29, 1.82) is 0 Å². The van der Waals surface area contributed by atoms with Crippen molar-refractivity contribution in [3.8, 4) is 11.4 Å². The van der Waals surface area contributed by atoms with Crippen LogP contribution in [0, 0.1) is 5.82 Å². The fraction of sp³-hybridized carbons (Fsp3) is 0.231. The molecule has 0 fully saturated rings. The van der Waals surface area contributed by atoms with E-state index in [4.69, 9.17) is 10.5 Å². The van der Waals surface area contributed by atoms with E-state index in [2.05, 4.69) is 9.97 Å². The fourth-order valence-corrected chi connectivity index (χ4v) is 2.01. The molecule has 0 radical (unpaired) electrons. The Morgan fingerprint density at radius 3 is 3.00 bits per heavy atom. The van der Waals surface area contributed by atoms with E-state index >= 15 is 0 Å². The summed E-state index contributed by atoms with van der Waals surface area (Å²) in [5, 5.41) is 0. The van der Waals surface area contributed by atoms with E-state index in [1.54, 1.807) is 12.1 Å². The summed E-state index contributed by atoms with van der Waals surface area (Å²) in [5.74, 6) is 0.572. The van der Waals surface area contributed by atoms with Crippen molar-refractivity contribution >= 4 is 5.82 Å². The number of hydrogen-bond donors (Lipinski definition) is 1. The fourth-order valence-electron chi connectivity index (χ4n) is 2.01. The van der Waals surface area contributed by atoms with Crippen LogP contribution in [0.4, 0.5) is 10.2 Å². The Balaban J connectivity index is 2.11. The topological polar surface area (TPSA) is 61.0 Å². The number of hydrogen-bond acceptors (Lipinski definition) is 4. The summed E-state index contributed by atoms with van der Waals surface area (Å²) >= 11 is 0. The van der Waals surface area contributed by atoms with E-state index in [1.807, 2.05) is 0 Å². The lowest BCUT2D eigenvalue weighted by Crippen LogP contribution is -2.16. The van der Waals surface area contributed by atoms with E-state index in [0.717, 1.165) is 11.3 Å². The van der Waals surface area contributed by atoms with Gasteiger partial charge in [-0.3, -0.25) is 0 Å². The number of nitrogens with two attached hydrogens (primary N) is 1. The molecule has 5 heteroatoms. The smallest absolute Gasteiger partial charge is 0.161 e. The first-order chi connectivity index (χ1) is 8.74. The molecule has 0 unspecified atom stereocenters. The molecule has 1 aromatic carbocycles. The van der Waals surface area contributed by atoms with Gasteiger partial charge in [0.25, 0.3) is 0 Å². The van der Waals surface area contributed by atoms with Crippen LogP contribution in [0.2, 0.25) is 0 Å². The van der Waals surface area contributed by atoms with Gasteiger partial charge in [0.15, 0.2) is 5.82 Å². The summed E-state index contributed by atoms with van der Waals surface area (Å²) in [4.78, 5) is 8.67. The van der Waals surface area contributed by atoms with Gasteiger partial charge < -0.3 is 10.5 Å².